The van der Waals surface area contributed by atoms with Crippen molar-refractivity contribution in [2.45, 2.75) is 13.1 Å². The minimum Gasteiger partial charge on any atom is -0.504 e. The van der Waals surface area contributed by atoms with Crippen LogP contribution < -0.4 is 10.9 Å². The molecule has 0 radical (unpaired) electrons. The molecule has 0 spiro atoms. The van der Waals surface area contributed by atoms with Crippen LogP contribution in [-0.2, 0) is 13.1 Å². The number of pyridine rings is 1. The van der Waals surface area contributed by atoms with E-state index in [1.165, 1.54) is 23.3 Å². The number of phenolic OH excluding ortho intramolecular Hbond substituents is 1. The maximum atomic E-state index is 12.4. The van der Waals surface area contributed by atoms with Crippen LogP contribution in [0.5, 0.6) is 5.75 Å². The number of aromatic nitrogens is 3. The van der Waals surface area contributed by atoms with Crippen molar-refractivity contribution in [3.05, 3.63) is 63.9 Å². The van der Waals surface area contributed by atoms with Crippen molar-refractivity contribution < 1.29 is 5.11 Å². The summed E-state index contributed by atoms with van der Waals surface area (Å²) in [6.45, 7) is 1.81. The molecule has 3 aromatic rings. The number of hydrogen-bond acceptors (Lipinski definition) is 5. The molecule has 0 aliphatic carbocycles. The highest BCUT2D eigenvalue weighted by molar-refractivity contribution is 6.33. The molecule has 0 aliphatic rings. The molecule has 6 nitrogen and oxygen atoms in total. The van der Waals surface area contributed by atoms with Gasteiger partial charge < -0.3 is 10.4 Å². The summed E-state index contributed by atoms with van der Waals surface area (Å²) in [7, 11) is 0. The van der Waals surface area contributed by atoms with Crippen molar-refractivity contribution in [1.82, 2.24) is 19.9 Å². The Morgan fingerprint density at radius 1 is 1.20 bits per heavy atom. The Kier molecular flexibility index (Phi) is 7.18. The average molecular weight is 381 g/mol. The van der Waals surface area contributed by atoms with E-state index in [1.807, 2.05) is 12.1 Å². The lowest BCUT2D eigenvalue weighted by Crippen LogP contribution is -2.27. The largest absolute Gasteiger partial charge is 0.504 e. The van der Waals surface area contributed by atoms with Gasteiger partial charge in [-0.05, 0) is 29.8 Å². The van der Waals surface area contributed by atoms with Crippen LogP contribution in [0.3, 0.4) is 0 Å². The van der Waals surface area contributed by atoms with Crippen molar-refractivity contribution >= 4 is 34.1 Å². The Morgan fingerprint density at radius 2 is 1.92 bits per heavy atom. The van der Waals surface area contributed by atoms with E-state index in [2.05, 4.69) is 26.9 Å². The SMILES string of the molecule is CCl.O=c1c2ccc(Cl)c(O)c2ncn1CCNCc1ccncc1. The molecule has 2 N–H and O–H groups in total. The number of nitrogens with one attached hydrogen (secondary N) is 1. The van der Waals surface area contributed by atoms with Crippen LogP contribution >= 0.6 is 23.2 Å². The summed E-state index contributed by atoms with van der Waals surface area (Å²) in [5.74, 6) is -0.163. The second kappa shape index (κ2) is 9.36. The molecule has 2 aromatic heterocycles. The summed E-state index contributed by atoms with van der Waals surface area (Å²) in [4.78, 5) is 20.5. The number of fused-ring (bicyclic) bond motifs is 1. The van der Waals surface area contributed by atoms with E-state index in [-0.39, 0.29) is 21.8 Å². The third-order valence-electron chi connectivity index (χ3n) is 3.53. The van der Waals surface area contributed by atoms with Gasteiger partial charge in [-0.25, -0.2) is 4.98 Å². The molecule has 0 saturated heterocycles. The Balaban J connectivity index is 0.00000109. The molecule has 1 aromatic carbocycles. The van der Waals surface area contributed by atoms with Crippen molar-refractivity contribution in [3.8, 4) is 5.75 Å². The van der Waals surface area contributed by atoms with Crippen molar-refractivity contribution in [2.75, 3.05) is 12.9 Å². The number of phenols is 1. The lowest BCUT2D eigenvalue weighted by atomic mass is 10.2. The average Bonchev–Trinajstić information content (AvgIpc) is 2.66. The van der Waals surface area contributed by atoms with E-state index in [9.17, 15) is 9.90 Å². The van der Waals surface area contributed by atoms with Crippen LogP contribution in [-0.4, -0.2) is 32.6 Å². The quantitative estimate of drug-likeness (QED) is 0.525. The van der Waals surface area contributed by atoms with E-state index in [0.29, 0.717) is 25.0 Å². The third-order valence-corrected chi connectivity index (χ3v) is 3.83. The zero-order valence-electron chi connectivity index (χ0n) is 13.6. The number of alkyl halides is 1. The number of aromatic hydroxyl groups is 1. The van der Waals surface area contributed by atoms with E-state index in [4.69, 9.17) is 11.6 Å². The Labute approximate surface area is 155 Å². The molecule has 3 rings (SSSR count). The lowest BCUT2D eigenvalue weighted by Gasteiger charge is -2.09. The molecule has 0 fully saturated rings. The van der Waals surface area contributed by atoms with Gasteiger partial charge in [-0.3, -0.25) is 14.3 Å². The highest BCUT2D eigenvalue weighted by Crippen LogP contribution is 2.28. The van der Waals surface area contributed by atoms with Crippen LogP contribution in [0.15, 0.2) is 47.8 Å². The molecule has 0 unspecified atom stereocenters. The Hall–Kier alpha value is -2.15. The number of rotatable bonds is 5. The van der Waals surface area contributed by atoms with Crippen LogP contribution in [0.1, 0.15) is 5.56 Å². The van der Waals surface area contributed by atoms with E-state index < -0.39 is 0 Å². The van der Waals surface area contributed by atoms with Gasteiger partial charge in [-0.15, -0.1) is 11.6 Å². The minimum atomic E-state index is -0.201. The molecule has 0 bridgehead atoms. The molecule has 0 amide bonds. The molecule has 2 heterocycles. The van der Waals surface area contributed by atoms with Gasteiger partial charge in [0.05, 0.1) is 16.7 Å². The summed E-state index contributed by atoms with van der Waals surface area (Å²) < 4.78 is 1.51. The first kappa shape index (κ1) is 19.2. The molecule has 8 heteroatoms. The molecule has 0 aliphatic heterocycles. The maximum absolute atomic E-state index is 12.4. The predicted molar refractivity (Wildman–Crippen MR) is 100 cm³/mol. The summed E-state index contributed by atoms with van der Waals surface area (Å²) in [6, 6.07) is 6.94. The minimum absolute atomic E-state index is 0.163. The van der Waals surface area contributed by atoms with Crippen LogP contribution in [0.2, 0.25) is 5.02 Å². The number of benzene rings is 1. The Bertz CT molecular complexity index is 885. The highest BCUT2D eigenvalue weighted by atomic mass is 35.5. The van der Waals surface area contributed by atoms with Gasteiger partial charge in [0.25, 0.3) is 5.56 Å². The molecule has 25 heavy (non-hydrogen) atoms. The first-order valence-electron chi connectivity index (χ1n) is 7.51. The van der Waals surface area contributed by atoms with Gasteiger partial charge in [0.1, 0.15) is 5.52 Å². The van der Waals surface area contributed by atoms with Gasteiger partial charge in [0.15, 0.2) is 5.75 Å². The fraction of sp³-hybridized carbons (Fsp3) is 0.235. The monoisotopic (exact) mass is 380 g/mol. The van der Waals surface area contributed by atoms with Gasteiger partial charge in [-0.2, -0.15) is 0 Å². The predicted octanol–water partition coefficient (Wildman–Crippen LogP) is 2.80. The molecular formula is C17H18Cl2N4O2. The first-order chi connectivity index (χ1) is 12.2. The lowest BCUT2D eigenvalue weighted by molar-refractivity contribution is 0.480. The van der Waals surface area contributed by atoms with Crippen LogP contribution in [0.4, 0.5) is 0 Å². The van der Waals surface area contributed by atoms with Gasteiger partial charge in [-0.1, -0.05) is 11.6 Å². The highest BCUT2D eigenvalue weighted by Gasteiger charge is 2.10. The maximum Gasteiger partial charge on any atom is 0.261 e. The van der Waals surface area contributed by atoms with Gasteiger partial charge in [0, 0.05) is 38.4 Å². The normalized spacial score (nSPS) is 10.4. The fourth-order valence-corrected chi connectivity index (χ4v) is 2.44. The summed E-state index contributed by atoms with van der Waals surface area (Å²) in [5.41, 5.74) is 1.15. The van der Waals surface area contributed by atoms with Crippen molar-refractivity contribution in [1.29, 1.82) is 0 Å². The first-order valence-corrected chi connectivity index (χ1v) is 8.64. The van der Waals surface area contributed by atoms with E-state index in [0.717, 1.165) is 5.56 Å². The van der Waals surface area contributed by atoms with Gasteiger partial charge in [0.2, 0.25) is 0 Å². The fourth-order valence-electron chi connectivity index (χ4n) is 2.29. The third kappa shape index (κ3) is 4.69. The number of nitrogens with zero attached hydrogens (tertiary/aromatic N) is 3. The standard InChI is InChI=1S/C16H15ClN4O2.CH3Cl/c17-13-2-1-12-14(15(13)22)20-10-21(16(12)23)8-7-19-9-11-3-5-18-6-4-11;1-2/h1-6,10,19,22H,7-9H2;1H3. The zero-order valence-corrected chi connectivity index (χ0v) is 15.1. The molecule has 0 saturated carbocycles. The second-order valence-electron chi connectivity index (χ2n) is 5.07. The summed E-state index contributed by atoms with van der Waals surface area (Å²) in [5, 5.41) is 13.6. The summed E-state index contributed by atoms with van der Waals surface area (Å²) in [6.07, 6.45) is 6.38. The van der Waals surface area contributed by atoms with Crippen molar-refractivity contribution in [3.63, 3.8) is 0 Å². The zero-order chi connectivity index (χ0) is 18.2. The van der Waals surface area contributed by atoms with Crippen LogP contribution in [0.25, 0.3) is 10.9 Å². The van der Waals surface area contributed by atoms with Gasteiger partial charge >= 0.3 is 0 Å². The molecule has 0 atom stereocenters. The topological polar surface area (TPSA) is 80.0 Å². The smallest absolute Gasteiger partial charge is 0.261 e. The Morgan fingerprint density at radius 3 is 2.64 bits per heavy atom. The number of hydrogen-bond donors (Lipinski definition) is 2. The second-order valence-corrected chi connectivity index (χ2v) is 5.47. The molecule has 132 valence electrons. The van der Waals surface area contributed by atoms with E-state index >= 15 is 0 Å². The van der Waals surface area contributed by atoms with Crippen LogP contribution in [0, 0.1) is 0 Å². The number of halogens is 2. The molecular weight excluding hydrogens is 363 g/mol. The summed E-state index contributed by atoms with van der Waals surface area (Å²) >= 11 is 10.5. The van der Waals surface area contributed by atoms with E-state index in [1.54, 1.807) is 18.5 Å². The van der Waals surface area contributed by atoms with Crippen molar-refractivity contribution in [2.24, 2.45) is 0 Å².